The van der Waals surface area contributed by atoms with E-state index in [2.05, 4.69) is 5.32 Å². The molecule has 108 valence electrons. The van der Waals surface area contributed by atoms with Crippen LogP contribution in [0.15, 0.2) is 48.5 Å². The number of carboxylic acid groups (broad SMARTS) is 1. The van der Waals surface area contributed by atoms with E-state index in [9.17, 15) is 14.9 Å². The summed E-state index contributed by atoms with van der Waals surface area (Å²) in [5.74, 6) is -0.976. The van der Waals surface area contributed by atoms with Crippen LogP contribution in [0.3, 0.4) is 0 Å². The molecule has 0 amide bonds. The molecule has 6 heteroatoms. The quantitative estimate of drug-likeness (QED) is 0.629. The Hall–Kier alpha value is -2.73. The molecule has 0 aromatic heterocycles. The van der Waals surface area contributed by atoms with Crippen LogP contribution >= 0.6 is 0 Å². The molecule has 0 aliphatic rings. The number of hydrogen-bond donors (Lipinski definition) is 2. The van der Waals surface area contributed by atoms with Crippen LogP contribution in [0.1, 0.15) is 21.5 Å². The first kappa shape index (κ1) is 14.7. The molecule has 0 radical (unpaired) electrons. The number of hydrogen-bond acceptors (Lipinski definition) is 4. The maximum absolute atomic E-state index is 10.9. The maximum atomic E-state index is 10.9. The van der Waals surface area contributed by atoms with Crippen LogP contribution in [-0.4, -0.2) is 16.0 Å². The van der Waals surface area contributed by atoms with Crippen molar-refractivity contribution in [3.8, 4) is 0 Å². The monoisotopic (exact) mass is 286 g/mol. The molecule has 0 saturated heterocycles. The lowest BCUT2D eigenvalue weighted by molar-refractivity contribution is -0.385. The second-order valence-corrected chi connectivity index (χ2v) is 4.49. The number of benzene rings is 2. The van der Waals surface area contributed by atoms with Crippen LogP contribution < -0.4 is 5.32 Å². The highest BCUT2D eigenvalue weighted by Crippen LogP contribution is 2.17. The molecule has 0 unspecified atom stereocenters. The molecule has 21 heavy (non-hydrogen) atoms. The third-order valence-corrected chi connectivity index (χ3v) is 3.01. The molecular formula is C15H14N2O4. The van der Waals surface area contributed by atoms with Crippen molar-refractivity contribution in [1.82, 2.24) is 5.32 Å². The van der Waals surface area contributed by atoms with Gasteiger partial charge in [-0.3, -0.25) is 10.1 Å². The zero-order valence-electron chi connectivity index (χ0n) is 11.2. The van der Waals surface area contributed by atoms with Crippen molar-refractivity contribution in [2.75, 3.05) is 0 Å². The van der Waals surface area contributed by atoms with Crippen LogP contribution in [0.2, 0.25) is 0 Å². The lowest BCUT2D eigenvalue weighted by Crippen LogP contribution is -2.14. The fraction of sp³-hybridized carbons (Fsp3) is 0.133. The Kier molecular flexibility index (Phi) is 4.63. The van der Waals surface area contributed by atoms with E-state index in [1.165, 1.54) is 12.1 Å². The van der Waals surface area contributed by atoms with Crippen LogP contribution in [0.25, 0.3) is 0 Å². The van der Waals surface area contributed by atoms with Crippen LogP contribution in [0, 0.1) is 10.1 Å². The number of nitro benzene ring substituents is 1. The number of aromatic carboxylic acids is 1. The zero-order valence-corrected chi connectivity index (χ0v) is 11.2. The van der Waals surface area contributed by atoms with Crippen molar-refractivity contribution in [3.05, 3.63) is 75.3 Å². The molecule has 0 aliphatic carbocycles. The Bertz CT molecular complexity index is 670. The Morgan fingerprint density at radius 2 is 1.90 bits per heavy atom. The molecule has 2 aromatic rings. The van der Waals surface area contributed by atoms with Crippen molar-refractivity contribution in [2.24, 2.45) is 0 Å². The Labute approximate surface area is 121 Å². The van der Waals surface area contributed by atoms with E-state index in [4.69, 9.17) is 5.11 Å². The van der Waals surface area contributed by atoms with Crippen molar-refractivity contribution < 1.29 is 14.8 Å². The minimum absolute atomic E-state index is 0.0734. The topological polar surface area (TPSA) is 92.5 Å². The molecule has 0 spiro atoms. The van der Waals surface area contributed by atoms with Gasteiger partial charge in [-0.1, -0.05) is 30.3 Å². The number of para-hydroxylation sites is 1. The van der Waals surface area contributed by atoms with Gasteiger partial charge < -0.3 is 10.4 Å². The first-order valence-corrected chi connectivity index (χ1v) is 6.33. The van der Waals surface area contributed by atoms with Gasteiger partial charge in [-0.05, 0) is 17.7 Å². The van der Waals surface area contributed by atoms with Gasteiger partial charge in [-0.25, -0.2) is 4.79 Å². The smallest absolute Gasteiger partial charge is 0.335 e. The lowest BCUT2D eigenvalue weighted by atomic mass is 10.1. The molecule has 0 heterocycles. The van der Waals surface area contributed by atoms with Crippen molar-refractivity contribution in [1.29, 1.82) is 0 Å². The first-order valence-electron chi connectivity index (χ1n) is 6.33. The predicted molar refractivity (Wildman–Crippen MR) is 77.0 cm³/mol. The van der Waals surface area contributed by atoms with Crippen LogP contribution in [-0.2, 0) is 13.1 Å². The molecular weight excluding hydrogens is 272 g/mol. The van der Waals surface area contributed by atoms with Crippen LogP contribution in [0.4, 0.5) is 5.69 Å². The zero-order chi connectivity index (χ0) is 15.2. The number of rotatable bonds is 6. The second kappa shape index (κ2) is 6.62. The van der Waals surface area contributed by atoms with Crippen LogP contribution in [0.5, 0.6) is 0 Å². The second-order valence-electron chi connectivity index (χ2n) is 4.49. The minimum atomic E-state index is -0.976. The number of nitro groups is 1. The van der Waals surface area contributed by atoms with Crippen molar-refractivity contribution in [3.63, 3.8) is 0 Å². The summed E-state index contributed by atoms with van der Waals surface area (Å²) >= 11 is 0. The van der Waals surface area contributed by atoms with Gasteiger partial charge in [0.2, 0.25) is 0 Å². The van der Waals surface area contributed by atoms with E-state index in [0.717, 1.165) is 5.56 Å². The summed E-state index contributed by atoms with van der Waals surface area (Å²) in [5, 5.41) is 22.9. The fourth-order valence-electron chi connectivity index (χ4n) is 1.99. The third-order valence-electron chi connectivity index (χ3n) is 3.01. The van der Waals surface area contributed by atoms with Gasteiger partial charge in [0.1, 0.15) is 0 Å². The molecule has 6 nitrogen and oxygen atoms in total. The van der Waals surface area contributed by atoms with E-state index in [1.807, 2.05) is 0 Å². The molecule has 2 aromatic carbocycles. The van der Waals surface area contributed by atoms with Gasteiger partial charge >= 0.3 is 5.97 Å². The molecule has 0 saturated carbocycles. The van der Waals surface area contributed by atoms with Gasteiger partial charge in [0.15, 0.2) is 0 Å². The van der Waals surface area contributed by atoms with E-state index >= 15 is 0 Å². The predicted octanol–water partition coefficient (Wildman–Crippen LogP) is 2.58. The summed E-state index contributed by atoms with van der Waals surface area (Å²) in [5.41, 5.74) is 1.70. The Balaban J connectivity index is 2.00. The normalized spacial score (nSPS) is 10.3. The first-order chi connectivity index (χ1) is 10.1. The molecule has 0 aliphatic heterocycles. The number of nitrogens with zero attached hydrogens (tertiary/aromatic N) is 1. The third kappa shape index (κ3) is 3.87. The van der Waals surface area contributed by atoms with Gasteiger partial charge in [0.05, 0.1) is 10.5 Å². The van der Waals surface area contributed by atoms with Crippen molar-refractivity contribution in [2.45, 2.75) is 13.1 Å². The molecule has 0 atom stereocenters. The summed E-state index contributed by atoms with van der Waals surface area (Å²) in [6.07, 6.45) is 0. The van der Waals surface area contributed by atoms with E-state index in [1.54, 1.807) is 36.4 Å². The highest BCUT2D eigenvalue weighted by molar-refractivity contribution is 5.87. The molecule has 0 bridgehead atoms. The highest BCUT2D eigenvalue weighted by atomic mass is 16.6. The average molecular weight is 286 g/mol. The summed E-state index contributed by atoms with van der Waals surface area (Å²) < 4.78 is 0. The van der Waals surface area contributed by atoms with Gasteiger partial charge in [0.25, 0.3) is 5.69 Å². The molecule has 2 N–H and O–H groups in total. The minimum Gasteiger partial charge on any atom is -0.478 e. The van der Waals surface area contributed by atoms with Crippen molar-refractivity contribution >= 4 is 11.7 Å². The van der Waals surface area contributed by atoms with Gasteiger partial charge in [-0.2, -0.15) is 0 Å². The Morgan fingerprint density at radius 3 is 2.62 bits per heavy atom. The largest absolute Gasteiger partial charge is 0.478 e. The Morgan fingerprint density at radius 1 is 1.14 bits per heavy atom. The molecule has 0 fully saturated rings. The average Bonchev–Trinajstić information content (AvgIpc) is 2.48. The SMILES string of the molecule is O=C(O)c1cccc(CNCc2ccccc2[N+](=O)[O-])c1. The van der Waals surface area contributed by atoms with E-state index in [-0.39, 0.29) is 11.3 Å². The van der Waals surface area contributed by atoms with E-state index in [0.29, 0.717) is 18.7 Å². The number of carbonyl (C=O) groups is 1. The van der Waals surface area contributed by atoms with Gasteiger partial charge in [-0.15, -0.1) is 0 Å². The summed E-state index contributed by atoms with van der Waals surface area (Å²) in [7, 11) is 0. The highest BCUT2D eigenvalue weighted by Gasteiger charge is 2.11. The number of nitrogens with one attached hydrogen (secondary N) is 1. The number of carboxylic acids is 1. The standard InChI is InChI=1S/C15H14N2O4/c18-15(19)12-6-3-4-11(8-12)9-16-10-13-5-1-2-7-14(13)17(20)21/h1-8,16H,9-10H2,(H,18,19). The lowest BCUT2D eigenvalue weighted by Gasteiger charge is -2.06. The maximum Gasteiger partial charge on any atom is 0.335 e. The van der Waals surface area contributed by atoms with E-state index < -0.39 is 10.9 Å². The molecule has 2 rings (SSSR count). The van der Waals surface area contributed by atoms with Gasteiger partial charge in [0, 0.05) is 24.7 Å². The summed E-state index contributed by atoms with van der Waals surface area (Å²) in [6, 6.07) is 13.1. The fourth-order valence-corrected chi connectivity index (χ4v) is 1.99. The summed E-state index contributed by atoms with van der Waals surface area (Å²) in [6.45, 7) is 0.779. The summed E-state index contributed by atoms with van der Waals surface area (Å²) in [4.78, 5) is 21.3.